The van der Waals surface area contributed by atoms with Gasteiger partial charge in [-0.1, -0.05) is 11.6 Å². The molecule has 2 aliphatic rings. The van der Waals surface area contributed by atoms with Gasteiger partial charge in [0.2, 0.25) is 0 Å². The molecule has 1 aliphatic carbocycles. The molecule has 0 spiro atoms. The summed E-state index contributed by atoms with van der Waals surface area (Å²) in [4.78, 5) is 36.1. The smallest absolute Gasteiger partial charge is 0.260 e. The van der Waals surface area contributed by atoms with Crippen molar-refractivity contribution in [3.8, 4) is 5.69 Å². The van der Waals surface area contributed by atoms with Crippen molar-refractivity contribution in [2.24, 2.45) is 0 Å². The number of aromatic nitrogens is 4. The zero-order valence-electron chi connectivity index (χ0n) is 20.3. The van der Waals surface area contributed by atoms with Crippen molar-refractivity contribution < 1.29 is 4.74 Å². The van der Waals surface area contributed by atoms with E-state index >= 15 is 0 Å². The lowest BCUT2D eigenvalue weighted by atomic mass is 9.87. The summed E-state index contributed by atoms with van der Waals surface area (Å²) in [5.74, 6) is -0.0338. The number of hydrogen-bond acceptors (Lipinski definition) is 5. The topological polar surface area (TPSA) is 79.0 Å². The number of rotatable bonds is 4. The van der Waals surface area contributed by atoms with Crippen LogP contribution in [0.4, 0.5) is 0 Å². The Morgan fingerprint density at radius 3 is 2.44 bits per heavy atom. The van der Waals surface area contributed by atoms with Gasteiger partial charge in [0.25, 0.3) is 11.1 Å². The Bertz CT molecular complexity index is 1590. The minimum Gasteiger partial charge on any atom is -0.373 e. The molecule has 0 amide bonds. The van der Waals surface area contributed by atoms with Crippen molar-refractivity contribution in [1.82, 2.24) is 19.1 Å². The molecule has 3 aromatic heterocycles. The lowest BCUT2D eigenvalue weighted by molar-refractivity contribution is 0.00491. The maximum absolute atomic E-state index is 14.0. The third-order valence-corrected chi connectivity index (χ3v) is 7.61. The molecule has 1 aliphatic heterocycles. The van der Waals surface area contributed by atoms with Gasteiger partial charge in [0.05, 0.1) is 23.2 Å². The molecule has 1 aromatic carbocycles. The maximum atomic E-state index is 14.0. The highest BCUT2D eigenvalue weighted by Crippen LogP contribution is 2.38. The van der Waals surface area contributed by atoms with Crippen LogP contribution in [0.15, 0.2) is 58.3 Å². The monoisotopic (exact) mass is 502 g/mol. The van der Waals surface area contributed by atoms with Crippen molar-refractivity contribution in [3.63, 3.8) is 0 Å². The van der Waals surface area contributed by atoms with Crippen molar-refractivity contribution in [2.75, 3.05) is 6.61 Å². The fourth-order valence-electron chi connectivity index (χ4n) is 5.10. The van der Waals surface area contributed by atoms with E-state index in [0.29, 0.717) is 46.5 Å². The van der Waals surface area contributed by atoms with Crippen LogP contribution in [0.3, 0.4) is 0 Å². The van der Waals surface area contributed by atoms with Crippen LogP contribution in [-0.4, -0.2) is 25.7 Å². The van der Waals surface area contributed by atoms with E-state index in [4.69, 9.17) is 26.3 Å². The summed E-state index contributed by atoms with van der Waals surface area (Å²) in [6.07, 6.45) is 5.10. The van der Waals surface area contributed by atoms with E-state index in [1.165, 1.54) is 0 Å². The predicted octanol–water partition coefficient (Wildman–Crippen LogP) is 5.18. The highest BCUT2D eigenvalue weighted by molar-refractivity contribution is 6.30. The van der Waals surface area contributed by atoms with Crippen LogP contribution in [-0.2, 0) is 4.74 Å². The van der Waals surface area contributed by atoms with Gasteiger partial charge in [0, 0.05) is 35.5 Å². The van der Waals surface area contributed by atoms with Gasteiger partial charge in [0.1, 0.15) is 5.52 Å². The van der Waals surface area contributed by atoms with Crippen LogP contribution in [0.25, 0.3) is 16.9 Å². The van der Waals surface area contributed by atoms with Gasteiger partial charge >= 0.3 is 0 Å². The van der Waals surface area contributed by atoms with E-state index in [1.807, 2.05) is 44.3 Å². The van der Waals surface area contributed by atoms with Crippen molar-refractivity contribution in [2.45, 2.75) is 57.6 Å². The molecule has 6 rings (SSSR count). The molecule has 1 saturated carbocycles. The second-order valence-corrected chi connectivity index (χ2v) is 10.3. The zero-order chi connectivity index (χ0) is 25.0. The average Bonchev–Trinajstić information content (AvgIpc) is 3.71. The zero-order valence-corrected chi connectivity index (χ0v) is 21.0. The molecule has 0 bridgehead atoms. The Hall–Kier alpha value is -3.29. The third-order valence-electron chi connectivity index (χ3n) is 7.36. The van der Waals surface area contributed by atoms with Crippen LogP contribution < -0.4 is 11.1 Å². The molecular formula is C28H27ClN4O3. The number of pyridine rings is 2. The van der Waals surface area contributed by atoms with Gasteiger partial charge in [0.15, 0.2) is 5.65 Å². The molecule has 1 saturated heterocycles. The quantitative estimate of drug-likeness (QED) is 0.384. The van der Waals surface area contributed by atoms with Crippen LogP contribution in [0, 0.1) is 13.8 Å². The summed E-state index contributed by atoms with van der Waals surface area (Å²) >= 11 is 6.12. The van der Waals surface area contributed by atoms with E-state index in [9.17, 15) is 9.59 Å². The van der Waals surface area contributed by atoms with E-state index in [-0.39, 0.29) is 23.1 Å². The Balaban J connectivity index is 1.43. The number of halogens is 1. The van der Waals surface area contributed by atoms with E-state index in [0.717, 1.165) is 36.2 Å². The summed E-state index contributed by atoms with van der Waals surface area (Å²) in [6.45, 7) is 4.33. The molecular weight excluding hydrogens is 476 g/mol. The summed E-state index contributed by atoms with van der Waals surface area (Å²) in [7, 11) is 0. The van der Waals surface area contributed by atoms with Gasteiger partial charge < -0.3 is 9.30 Å². The lowest BCUT2D eigenvalue weighted by Crippen LogP contribution is -2.29. The first-order valence-electron chi connectivity index (χ1n) is 12.4. The first kappa shape index (κ1) is 23.1. The van der Waals surface area contributed by atoms with Crippen LogP contribution >= 0.6 is 11.6 Å². The van der Waals surface area contributed by atoms with Gasteiger partial charge in [-0.05, 0) is 87.4 Å². The molecule has 2 fully saturated rings. The van der Waals surface area contributed by atoms with Gasteiger partial charge in [-0.15, -0.1) is 0 Å². The summed E-state index contributed by atoms with van der Waals surface area (Å²) < 4.78 is 9.52. The Labute approximate surface area is 213 Å². The average molecular weight is 503 g/mol. The Kier molecular flexibility index (Phi) is 5.77. The third kappa shape index (κ3) is 4.16. The molecule has 36 heavy (non-hydrogen) atoms. The number of ether oxygens (including phenoxy) is 1. The molecule has 0 unspecified atom stereocenters. The summed E-state index contributed by atoms with van der Waals surface area (Å²) in [5.41, 5.74) is 4.97. The second-order valence-electron chi connectivity index (χ2n) is 9.84. The van der Waals surface area contributed by atoms with Crippen LogP contribution in [0.5, 0.6) is 0 Å². The largest absolute Gasteiger partial charge is 0.373 e. The van der Waals surface area contributed by atoms with Crippen molar-refractivity contribution in [1.29, 1.82) is 0 Å². The Morgan fingerprint density at radius 2 is 1.72 bits per heavy atom. The molecule has 184 valence electrons. The van der Waals surface area contributed by atoms with Crippen LogP contribution in [0.1, 0.15) is 66.3 Å². The van der Waals surface area contributed by atoms with Gasteiger partial charge in [-0.3, -0.25) is 14.2 Å². The van der Waals surface area contributed by atoms with Crippen molar-refractivity contribution in [3.05, 3.63) is 96.9 Å². The number of aryl methyl sites for hydroxylation is 2. The molecule has 0 N–H and O–H groups in total. The molecule has 0 radical (unpaired) electrons. The molecule has 4 heterocycles. The first-order chi connectivity index (χ1) is 17.4. The highest BCUT2D eigenvalue weighted by Gasteiger charge is 2.30. The maximum Gasteiger partial charge on any atom is 0.260 e. The van der Waals surface area contributed by atoms with Crippen LogP contribution in [0.2, 0.25) is 5.02 Å². The second kappa shape index (κ2) is 8.98. The van der Waals surface area contributed by atoms with Crippen molar-refractivity contribution >= 4 is 22.8 Å². The predicted molar refractivity (Wildman–Crippen MR) is 139 cm³/mol. The van der Waals surface area contributed by atoms with E-state index in [2.05, 4.69) is 0 Å². The fraction of sp³-hybridized carbons (Fsp3) is 0.357. The lowest BCUT2D eigenvalue weighted by Gasteiger charge is -2.30. The molecule has 2 atom stereocenters. The molecule has 8 heteroatoms. The highest BCUT2D eigenvalue weighted by atomic mass is 35.5. The van der Waals surface area contributed by atoms with E-state index in [1.54, 1.807) is 27.3 Å². The van der Waals surface area contributed by atoms with Gasteiger partial charge in [-0.25, -0.2) is 9.97 Å². The normalized spacial score (nSPS) is 20.1. The standard InChI is InChI=1S/C28H27ClN4O3/c1-16-17(2)31-27-24(30-16)15-23(28(35)33(27)22-5-3-20(29)4-6-22)18-10-12-36-25(13-18)19-9-11-32(21-7-8-21)26(34)14-19/h3-6,9,11,14-15,18,21,25H,7-8,10,12-13H2,1-2H3/t18-,25+/m0/s1. The number of benzene rings is 1. The number of nitrogens with zero attached hydrogens (tertiary/aromatic N) is 4. The van der Waals surface area contributed by atoms with Gasteiger partial charge in [-0.2, -0.15) is 0 Å². The minimum atomic E-state index is -0.241. The fourth-order valence-corrected chi connectivity index (χ4v) is 5.22. The SMILES string of the molecule is Cc1nc2cc([C@H]3CCO[C@@H](c4ccn(C5CC5)c(=O)c4)C3)c(=O)n(-c3ccc(Cl)cc3)c2nc1C. The number of fused-ring (bicyclic) bond motifs is 1. The molecule has 4 aromatic rings. The minimum absolute atomic E-state index is 0.0117. The first-order valence-corrected chi connectivity index (χ1v) is 12.8. The van der Waals surface area contributed by atoms with E-state index < -0.39 is 0 Å². The summed E-state index contributed by atoms with van der Waals surface area (Å²) in [5, 5.41) is 0.598. The summed E-state index contributed by atoms with van der Waals surface area (Å²) in [6, 6.07) is 13.1. The molecule has 7 nitrogen and oxygen atoms in total. The Morgan fingerprint density at radius 1 is 0.972 bits per heavy atom. The number of hydrogen-bond donors (Lipinski definition) is 0.